The molecule has 8 nitrogen and oxygen atoms in total. The number of nitrogens with zero attached hydrogens (tertiary/aromatic N) is 4. The minimum Gasteiger partial charge on any atom is -0.378 e. The zero-order valence-corrected chi connectivity index (χ0v) is 20.8. The summed E-state index contributed by atoms with van der Waals surface area (Å²) in [5.74, 6) is -0.187. The van der Waals surface area contributed by atoms with Gasteiger partial charge in [-0.3, -0.25) is 19.8 Å². The lowest BCUT2D eigenvalue weighted by molar-refractivity contribution is -0.0660. The van der Waals surface area contributed by atoms with Crippen molar-refractivity contribution in [1.29, 1.82) is 0 Å². The first-order valence-electron chi connectivity index (χ1n) is 12.4. The number of carbonyl (C=O) groups is 1. The molecule has 2 N–H and O–H groups in total. The lowest BCUT2D eigenvalue weighted by atomic mass is 10.0. The van der Waals surface area contributed by atoms with Gasteiger partial charge < -0.3 is 15.0 Å². The molecule has 2 aliphatic rings. The van der Waals surface area contributed by atoms with Crippen LogP contribution in [0.15, 0.2) is 71.5 Å². The number of H-pyrrole nitrogens is 1. The van der Waals surface area contributed by atoms with E-state index in [-0.39, 0.29) is 5.91 Å². The van der Waals surface area contributed by atoms with Gasteiger partial charge in [-0.15, -0.1) is 0 Å². The number of anilines is 1. The van der Waals surface area contributed by atoms with Crippen LogP contribution in [0, 0.1) is 0 Å². The Kier molecular flexibility index (Phi) is 7.25. The zero-order valence-electron chi connectivity index (χ0n) is 20.8. The topological polar surface area (TPSA) is 85.8 Å². The van der Waals surface area contributed by atoms with Crippen molar-refractivity contribution in [2.24, 2.45) is 4.99 Å². The van der Waals surface area contributed by atoms with Crippen molar-refractivity contribution < 1.29 is 9.53 Å². The van der Waals surface area contributed by atoms with E-state index in [4.69, 9.17) is 4.74 Å². The Balaban J connectivity index is 1.28. The van der Waals surface area contributed by atoms with Gasteiger partial charge in [0.05, 0.1) is 36.2 Å². The summed E-state index contributed by atoms with van der Waals surface area (Å²) in [6, 6.07) is 14.7. The lowest BCUT2D eigenvalue weighted by Gasteiger charge is -2.43. The molecule has 2 fully saturated rings. The third-order valence-electron chi connectivity index (χ3n) is 6.75. The normalized spacial score (nSPS) is 17.8. The Morgan fingerprint density at radius 3 is 2.61 bits per heavy atom. The second kappa shape index (κ2) is 10.9. The van der Waals surface area contributed by atoms with E-state index in [1.807, 2.05) is 38.1 Å². The highest BCUT2D eigenvalue weighted by Gasteiger charge is 2.28. The number of aromatic amines is 1. The van der Waals surface area contributed by atoms with E-state index in [9.17, 15) is 4.79 Å². The highest BCUT2D eigenvalue weighted by molar-refractivity contribution is 6.01. The van der Waals surface area contributed by atoms with Crippen LogP contribution < -0.4 is 10.2 Å². The first-order valence-corrected chi connectivity index (χ1v) is 12.4. The molecular weight excluding hydrogens is 452 g/mol. The maximum absolute atomic E-state index is 12.7. The second-order valence-corrected chi connectivity index (χ2v) is 9.16. The van der Waals surface area contributed by atoms with Crippen molar-refractivity contribution in [3.05, 3.63) is 72.1 Å². The van der Waals surface area contributed by atoms with E-state index in [2.05, 4.69) is 54.6 Å². The number of hydrogen-bond donors (Lipinski definition) is 2. The van der Waals surface area contributed by atoms with Crippen LogP contribution in [0.3, 0.4) is 0 Å². The average Bonchev–Trinajstić information content (AvgIpc) is 3.30. The number of aromatic nitrogens is 2. The molecule has 0 unspecified atom stereocenters. The Bertz CT molecular complexity index is 1300. The zero-order chi connectivity index (χ0) is 24.9. The average molecular weight is 485 g/mol. The summed E-state index contributed by atoms with van der Waals surface area (Å²) in [7, 11) is 0. The molecule has 3 heterocycles. The molecule has 1 aromatic heterocycles. The van der Waals surface area contributed by atoms with Gasteiger partial charge in [0.1, 0.15) is 0 Å². The number of piperazine rings is 1. The van der Waals surface area contributed by atoms with Gasteiger partial charge in [-0.25, -0.2) is 0 Å². The van der Waals surface area contributed by atoms with Gasteiger partial charge in [0.15, 0.2) is 0 Å². The SMILES string of the molecule is C\C=C/C=N\C(C)=C/NC(=O)c1ccc2[nH]nc(-c3ccc(N4CCN(C5COC5)CC4)cc3)c2c1. The van der Waals surface area contributed by atoms with E-state index in [0.29, 0.717) is 17.3 Å². The third-order valence-corrected chi connectivity index (χ3v) is 6.75. The molecule has 2 aliphatic heterocycles. The molecule has 2 saturated heterocycles. The molecule has 5 rings (SSSR count). The van der Waals surface area contributed by atoms with Crippen molar-refractivity contribution >= 4 is 28.7 Å². The second-order valence-electron chi connectivity index (χ2n) is 9.16. The van der Waals surface area contributed by atoms with Gasteiger partial charge in [0.2, 0.25) is 0 Å². The fourth-order valence-corrected chi connectivity index (χ4v) is 4.52. The van der Waals surface area contributed by atoms with E-state index >= 15 is 0 Å². The number of carbonyl (C=O) groups excluding carboxylic acids is 1. The first-order chi connectivity index (χ1) is 17.6. The summed E-state index contributed by atoms with van der Waals surface area (Å²) in [5, 5.41) is 11.4. The molecule has 2 aromatic carbocycles. The maximum Gasteiger partial charge on any atom is 0.255 e. The molecule has 0 radical (unpaired) electrons. The summed E-state index contributed by atoms with van der Waals surface area (Å²) in [5.41, 5.74) is 5.25. The standard InChI is InChI=1S/C28H32N6O2/c1-3-4-11-29-20(2)17-30-28(35)22-7-10-26-25(16-22)27(32-31-26)21-5-8-23(9-6-21)33-12-14-34(15-13-33)24-18-36-19-24/h3-11,16-17,24H,12-15,18-19H2,1-2H3,(H,30,35)(H,31,32)/b4-3-,20-17-,29-11-. The number of benzene rings is 2. The monoisotopic (exact) mass is 484 g/mol. The third kappa shape index (κ3) is 5.24. The molecule has 0 spiro atoms. The van der Waals surface area contributed by atoms with Crippen molar-refractivity contribution in [3.8, 4) is 11.3 Å². The highest BCUT2D eigenvalue weighted by Crippen LogP contribution is 2.29. The van der Waals surface area contributed by atoms with E-state index < -0.39 is 0 Å². The summed E-state index contributed by atoms with van der Waals surface area (Å²) in [6.07, 6.45) is 7.04. The van der Waals surface area contributed by atoms with Crippen LogP contribution >= 0.6 is 0 Å². The number of nitrogens with one attached hydrogen (secondary N) is 2. The molecule has 0 atom stereocenters. The molecule has 36 heavy (non-hydrogen) atoms. The van der Waals surface area contributed by atoms with Crippen LogP contribution in [0.4, 0.5) is 5.69 Å². The molecule has 1 amide bonds. The van der Waals surface area contributed by atoms with E-state index in [1.165, 1.54) is 5.69 Å². The molecule has 3 aromatic rings. The molecule has 0 saturated carbocycles. The Morgan fingerprint density at radius 2 is 1.92 bits per heavy atom. The van der Waals surface area contributed by atoms with Crippen LogP contribution in [0.25, 0.3) is 22.2 Å². The minimum absolute atomic E-state index is 0.187. The lowest BCUT2D eigenvalue weighted by Crippen LogP contribution is -2.56. The van der Waals surface area contributed by atoms with Gasteiger partial charge in [-0.05, 0) is 50.3 Å². The fourth-order valence-electron chi connectivity index (χ4n) is 4.52. The first kappa shape index (κ1) is 24.0. The van der Waals surface area contributed by atoms with Crippen LogP contribution in [0.5, 0.6) is 0 Å². The van der Waals surface area contributed by atoms with Crippen molar-refractivity contribution in [3.63, 3.8) is 0 Å². The van der Waals surface area contributed by atoms with Gasteiger partial charge in [0, 0.05) is 60.8 Å². The van der Waals surface area contributed by atoms with Crippen LogP contribution in [0.1, 0.15) is 24.2 Å². The Morgan fingerprint density at radius 1 is 1.14 bits per heavy atom. The summed E-state index contributed by atoms with van der Waals surface area (Å²) < 4.78 is 5.34. The van der Waals surface area contributed by atoms with Crippen LogP contribution in [-0.2, 0) is 4.74 Å². The molecule has 0 bridgehead atoms. The minimum atomic E-state index is -0.187. The number of hydrogen-bond acceptors (Lipinski definition) is 6. The Labute approximate surface area is 211 Å². The quantitative estimate of drug-likeness (QED) is 0.496. The molecule has 186 valence electrons. The summed E-state index contributed by atoms with van der Waals surface area (Å²) >= 11 is 0. The van der Waals surface area contributed by atoms with Crippen LogP contribution in [-0.4, -0.2) is 72.7 Å². The number of rotatable bonds is 7. The maximum atomic E-state index is 12.7. The predicted molar refractivity (Wildman–Crippen MR) is 144 cm³/mol. The molecule has 8 heteroatoms. The van der Waals surface area contributed by atoms with Crippen molar-refractivity contribution in [2.75, 3.05) is 44.3 Å². The number of amides is 1. The number of ether oxygens (including phenoxy) is 1. The molecule has 0 aliphatic carbocycles. The van der Waals surface area contributed by atoms with Crippen molar-refractivity contribution in [1.82, 2.24) is 20.4 Å². The summed E-state index contributed by atoms with van der Waals surface area (Å²) in [4.78, 5) is 21.9. The predicted octanol–water partition coefficient (Wildman–Crippen LogP) is 3.99. The Hall–Kier alpha value is -3.75. The van der Waals surface area contributed by atoms with Crippen molar-refractivity contribution in [2.45, 2.75) is 19.9 Å². The van der Waals surface area contributed by atoms with E-state index in [1.54, 1.807) is 18.5 Å². The molecular formula is C28H32N6O2. The van der Waals surface area contributed by atoms with Gasteiger partial charge in [-0.1, -0.05) is 18.2 Å². The number of aliphatic imine (C=N–C) groups is 1. The smallest absolute Gasteiger partial charge is 0.255 e. The van der Waals surface area contributed by atoms with Gasteiger partial charge >= 0.3 is 0 Å². The van der Waals surface area contributed by atoms with E-state index in [0.717, 1.165) is 61.6 Å². The number of allylic oxidation sites excluding steroid dienone is 3. The fraction of sp³-hybridized carbons (Fsp3) is 0.321. The number of fused-ring (bicyclic) bond motifs is 1. The van der Waals surface area contributed by atoms with Crippen LogP contribution in [0.2, 0.25) is 0 Å². The van der Waals surface area contributed by atoms with Gasteiger partial charge in [-0.2, -0.15) is 5.10 Å². The summed E-state index contributed by atoms with van der Waals surface area (Å²) in [6.45, 7) is 9.69. The largest absolute Gasteiger partial charge is 0.378 e. The van der Waals surface area contributed by atoms with Gasteiger partial charge in [0.25, 0.3) is 5.91 Å². The highest BCUT2D eigenvalue weighted by atomic mass is 16.5.